The molecule has 0 fully saturated rings. The molecule has 0 aliphatic rings. The number of aryl methyl sites for hydroxylation is 1. The van der Waals surface area contributed by atoms with Gasteiger partial charge in [0.05, 0.1) is 0 Å². The molecule has 0 aliphatic carbocycles. The minimum atomic E-state index is 0.0109. The van der Waals surface area contributed by atoms with Crippen molar-refractivity contribution in [1.29, 1.82) is 0 Å². The van der Waals surface area contributed by atoms with Crippen LogP contribution in [-0.2, 0) is 6.42 Å². The van der Waals surface area contributed by atoms with Crippen LogP contribution in [0.3, 0.4) is 0 Å². The Morgan fingerprint density at radius 3 is 1.73 bits per heavy atom. The first-order chi connectivity index (χ1) is 16.0. The zero-order chi connectivity index (χ0) is 23.2. The van der Waals surface area contributed by atoms with E-state index in [1.54, 1.807) is 48.5 Å². The van der Waals surface area contributed by atoms with Crippen molar-refractivity contribution in [2.75, 3.05) is 0 Å². The van der Waals surface area contributed by atoms with Gasteiger partial charge in [0.2, 0.25) is 0 Å². The largest absolute Gasteiger partial charge is 0.457 e. The highest BCUT2D eigenvalue weighted by atomic mass is 16.5. The highest BCUT2D eigenvalue weighted by Crippen LogP contribution is 2.25. The SMILES string of the molecule is CC(=O)c1ccc(Oc2cccc(CC(=O)c3ccc(Oc4ccc(C)cc4)cc3)c2)cc1. The molecule has 0 N–H and O–H groups in total. The Hall–Kier alpha value is -4.18. The molecule has 4 rings (SSSR count). The van der Waals surface area contributed by atoms with Crippen molar-refractivity contribution in [2.24, 2.45) is 0 Å². The molecule has 0 atom stereocenters. The monoisotopic (exact) mass is 436 g/mol. The molecular weight excluding hydrogens is 412 g/mol. The molecule has 0 saturated heterocycles. The van der Waals surface area contributed by atoms with Crippen molar-refractivity contribution >= 4 is 11.6 Å². The smallest absolute Gasteiger partial charge is 0.167 e. The van der Waals surface area contributed by atoms with Gasteiger partial charge >= 0.3 is 0 Å². The highest BCUT2D eigenvalue weighted by molar-refractivity contribution is 5.97. The molecule has 0 heterocycles. The summed E-state index contributed by atoms with van der Waals surface area (Å²) in [7, 11) is 0. The van der Waals surface area contributed by atoms with Gasteiger partial charge in [0.1, 0.15) is 23.0 Å². The van der Waals surface area contributed by atoms with Crippen LogP contribution >= 0.6 is 0 Å². The van der Waals surface area contributed by atoms with E-state index in [0.717, 1.165) is 11.3 Å². The number of benzene rings is 4. The number of hydrogen-bond donors (Lipinski definition) is 0. The number of hydrogen-bond acceptors (Lipinski definition) is 4. The van der Waals surface area contributed by atoms with E-state index in [2.05, 4.69) is 0 Å². The summed E-state index contributed by atoms with van der Waals surface area (Å²) in [5.41, 5.74) is 3.29. The Morgan fingerprint density at radius 1 is 0.636 bits per heavy atom. The van der Waals surface area contributed by atoms with Crippen LogP contribution in [0.15, 0.2) is 97.1 Å². The average molecular weight is 437 g/mol. The number of carbonyl (C=O) groups is 2. The molecule has 0 aliphatic heterocycles. The van der Waals surface area contributed by atoms with E-state index >= 15 is 0 Å². The number of rotatable bonds is 8. The Kier molecular flexibility index (Phi) is 6.65. The van der Waals surface area contributed by atoms with E-state index in [0.29, 0.717) is 28.4 Å². The maximum atomic E-state index is 12.8. The van der Waals surface area contributed by atoms with Gasteiger partial charge in [-0.3, -0.25) is 9.59 Å². The number of ether oxygens (including phenoxy) is 2. The van der Waals surface area contributed by atoms with E-state index in [-0.39, 0.29) is 18.0 Å². The fourth-order valence-corrected chi connectivity index (χ4v) is 3.35. The average Bonchev–Trinajstić information content (AvgIpc) is 2.81. The van der Waals surface area contributed by atoms with Crippen molar-refractivity contribution in [1.82, 2.24) is 0 Å². The molecule has 0 spiro atoms. The van der Waals surface area contributed by atoms with Crippen molar-refractivity contribution < 1.29 is 19.1 Å². The fourth-order valence-electron chi connectivity index (χ4n) is 3.35. The van der Waals surface area contributed by atoms with E-state index in [9.17, 15) is 9.59 Å². The molecule has 0 saturated carbocycles. The lowest BCUT2D eigenvalue weighted by atomic mass is 10.0. The zero-order valence-electron chi connectivity index (χ0n) is 18.6. The summed E-state index contributed by atoms with van der Waals surface area (Å²) >= 11 is 0. The second-order valence-electron chi connectivity index (χ2n) is 7.87. The zero-order valence-corrected chi connectivity index (χ0v) is 18.6. The second-order valence-corrected chi connectivity index (χ2v) is 7.87. The second kappa shape index (κ2) is 9.96. The molecule has 0 bridgehead atoms. The van der Waals surface area contributed by atoms with E-state index < -0.39 is 0 Å². The van der Waals surface area contributed by atoms with Gasteiger partial charge in [-0.25, -0.2) is 0 Å². The third kappa shape index (κ3) is 5.95. The molecule has 0 aromatic heterocycles. The van der Waals surface area contributed by atoms with Crippen molar-refractivity contribution in [3.63, 3.8) is 0 Å². The maximum Gasteiger partial charge on any atom is 0.167 e. The Labute approximate surface area is 193 Å². The van der Waals surface area contributed by atoms with E-state index in [4.69, 9.17) is 9.47 Å². The van der Waals surface area contributed by atoms with Gasteiger partial charge in [0.25, 0.3) is 0 Å². The van der Waals surface area contributed by atoms with Gasteiger partial charge < -0.3 is 9.47 Å². The third-order valence-electron chi connectivity index (χ3n) is 5.19. The van der Waals surface area contributed by atoms with Crippen LogP contribution in [0.5, 0.6) is 23.0 Å². The van der Waals surface area contributed by atoms with Gasteiger partial charge in [-0.05, 0) is 92.2 Å². The Bertz CT molecular complexity index is 1250. The highest BCUT2D eigenvalue weighted by Gasteiger charge is 2.09. The molecule has 4 nitrogen and oxygen atoms in total. The van der Waals surface area contributed by atoms with Crippen LogP contribution in [0.25, 0.3) is 0 Å². The van der Waals surface area contributed by atoms with Gasteiger partial charge in [0.15, 0.2) is 11.6 Å². The molecular formula is C29H24O4. The molecule has 0 radical (unpaired) electrons. The van der Waals surface area contributed by atoms with Crippen LogP contribution in [0.1, 0.15) is 38.8 Å². The lowest BCUT2D eigenvalue weighted by molar-refractivity contribution is 0.0990. The molecule has 4 aromatic rings. The van der Waals surface area contributed by atoms with Crippen LogP contribution in [0.4, 0.5) is 0 Å². The van der Waals surface area contributed by atoms with Gasteiger partial charge in [-0.1, -0.05) is 29.8 Å². The third-order valence-corrected chi connectivity index (χ3v) is 5.19. The first-order valence-corrected chi connectivity index (χ1v) is 10.7. The summed E-state index contributed by atoms with van der Waals surface area (Å²) in [6.07, 6.45) is 0.263. The molecule has 33 heavy (non-hydrogen) atoms. The Balaban J connectivity index is 1.38. The summed E-state index contributed by atoms with van der Waals surface area (Å²) in [6, 6.07) is 29.4. The molecule has 0 unspecified atom stereocenters. The van der Waals surface area contributed by atoms with E-state index in [1.807, 2.05) is 55.5 Å². The van der Waals surface area contributed by atoms with E-state index in [1.165, 1.54) is 12.5 Å². The fraction of sp³-hybridized carbons (Fsp3) is 0.103. The summed E-state index contributed by atoms with van der Waals surface area (Å²) in [5, 5.41) is 0. The number of Topliss-reactive ketones (excluding diaryl/α,β-unsaturated/α-hetero) is 2. The predicted octanol–water partition coefficient (Wildman–Crippen LogP) is 7.21. The van der Waals surface area contributed by atoms with Crippen LogP contribution < -0.4 is 9.47 Å². The lowest BCUT2D eigenvalue weighted by Gasteiger charge is -2.09. The van der Waals surface area contributed by atoms with Crippen LogP contribution in [-0.4, -0.2) is 11.6 Å². The maximum absolute atomic E-state index is 12.8. The van der Waals surface area contributed by atoms with Gasteiger partial charge in [0, 0.05) is 17.5 Å². The van der Waals surface area contributed by atoms with Gasteiger partial charge in [-0.2, -0.15) is 0 Å². The first-order valence-electron chi connectivity index (χ1n) is 10.7. The topological polar surface area (TPSA) is 52.6 Å². The summed E-state index contributed by atoms with van der Waals surface area (Å²) in [5.74, 6) is 2.73. The molecule has 4 heteroatoms. The summed E-state index contributed by atoms with van der Waals surface area (Å²) < 4.78 is 11.7. The molecule has 164 valence electrons. The summed E-state index contributed by atoms with van der Waals surface area (Å²) in [4.78, 5) is 24.2. The summed E-state index contributed by atoms with van der Waals surface area (Å²) in [6.45, 7) is 3.56. The molecule has 0 amide bonds. The number of ketones is 2. The molecule has 4 aromatic carbocycles. The van der Waals surface area contributed by atoms with Crippen molar-refractivity contribution in [3.8, 4) is 23.0 Å². The predicted molar refractivity (Wildman–Crippen MR) is 129 cm³/mol. The minimum absolute atomic E-state index is 0.0109. The standard InChI is InChI=1S/C29H24O4/c1-20-6-12-25(13-7-20)32-26-16-10-24(11-17-26)29(31)19-22-4-3-5-28(18-22)33-27-14-8-23(9-15-27)21(2)30/h3-18H,19H2,1-2H3. The first kappa shape index (κ1) is 22.0. The van der Waals surface area contributed by atoms with Crippen molar-refractivity contribution in [3.05, 3.63) is 119 Å². The van der Waals surface area contributed by atoms with Crippen LogP contribution in [0, 0.1) is 6.92 Å². The normalized spacial score (nSPS) is 10.5. The van der Waals surface area contributed by atoms with Crippen molar-refractivity contribution in [2.45, 2.75) is 20.3 Å². The lowest BCUT2D eigenvalue weighted by Crippen LogP contribution is -2.03. The Morgan fingerprint density at radius 2 is 1.15 bits per heavy atom. The van der Waals surface area contributed by atoms with Crippen LogP contribution in [0.2, 0.25) is 0 Å². The van der Waals surface area contributed by atoms with Gasteiger partial charge in [-0.15, -0.1) is 0 Å². The number of carbonyl (C=O) groups excluding carboxylic acids is 2. The minimum Gasteiger partial charge on any atom is -0.457 e. The quantitative estimate of drug-likeness (QED) is 0.274.